The largest absolute Gasteiger partial charge is 0.484 e. The summed E-state index contributed by atoms with van der Waals surface area (Å²) in [6.45, 7) is 6.59. The predicted octanol–water partition coefficient (Wildman–Crippen LogP) is 3.50. The average molecular weight is 488 g/mol. The maximum Gasteiger partial charge on any atom is 0.258 e. The third kappa shape index (κ3) is 5.72. The third-order valence-corrected chi connectivity index (χ3v) is 5.67. The van der Waals surface area contributed by atoms with Crippen molar-refractivity contribution >= 4 is 34.1 Å². The van der Waals surface area contributed by atoms with Gasteiger partial charge in [-0.25, -0.2) is 9.97 Å². The SMILES string of the molecule is CC(C)NC(=O)COc1cccc(-c2nc(Nc3ccc4[nH]ncc4c3)cc(N3CCOCC3)n2)c1. The monoisotopic (exact) mass is 487 g/mol. The summed E-state index contributed by atoms with van der Waals surface area (Å²) in [4.78, 5) is 23.8. The zero-order valence-electron chi connectivity index (χ0n) is 20.3. The van der Waals surface area contributed by atoms with Gasteiger partial charge < -0.3 is 25.0 Å². The van der Waals surface area contributed by atoms with Crippen LogP contribution in [0.1, 0.15) is 13.8 Å². The van der Waals surface area contributed by atoms with E-state index in [4.69, 9.17) is 19.4 Å². The van der Waals surface area contributed by atoms with E-state index in [0.717, 1.165) is 41.1 Å². The maximum absolute atomic E-state index is 12.0. The average Bonchev–Trinajstić information content (AvgIpc) is 3.36. The first-order chi connectivity index (χ1) is 17.5. The lowest BCUT2D eigenvalue weighted by Crippen LogP contribution is -2.36. The molecule has 10 heteroatoms. The molecule has 3 N–H and O–H groups in total. The van der Waals surface area contributed by atoms with Crippen LogP contribution in [0.4, 0.5) is 17.3 Å². The second-order valence-corrected chi connectivity index (χ2v) is 8.87. The van der Waals surface area contributed by atoms with Crippen LogP contribution >= 0.6 is 0 Å². The lowest BCUT2D eigenvalue weighted by molar-refractivity contribution is -0.123. The normalized spacial score (nSPS) is 13.7. The van der Waals surface area contributed by atoms with Crippen LogP contribution in [0, 0.1) is 0 Å². The third-order valence-electron chi connectivity index (χ3n) is 5.67. The van der Waals surface area contributed by atoms with Gasteiger partial charge in [0.05, 0.1) is 24.9 Å². The zero-order valence-corrected chi connectivity index (χ0v) is 20.3. The fraction of sp³-hybridized carbons (Fsp3) is 0.308. The highest BCUT2D eigenvalue weighted by Gasteiger charge is 2.17. The number of nitrogens with one attached hydrogen (secondary N) is 3. The van der Waals surface area contributed by atoms with E-state index in [2.05, 4.69) is 25.7 Å². The molecule has 1 amide bonds. The van der Waals surface area contributed by atoms with Gasteiger partial charge in [0, 0.05) is 41.8 Å². The van der Waals surface area contributed by atoms with Crippen LogP contribution < -0.4 is 20.3 Å². The van der Waals surface area contributed by atoms with Crippen molar-refractivity contribution in [2.45, 2.75) is 19.9 Å². The Balaban J connectivity index is 1.43. The number of H-pyrrole nitrogens is 1. The van der Waals surface area contributed by atoms with Crippen LogP contribution in [0.3, 0.4) is 0 Å². The smallest absolute Gasteiger partial charge is 0.258 e. The molecule has 0 spiro atoms. The van der Waals surface area contributed by atoms with Gasteiger partial charge in [-0.3, -0.25) is 9.89 Å². The summed E-state index contributed by atoms with van der Waals surface area (Å²) in [6.07, 6.45) is 1.79. The van der Waals surface area contributed by atoms with Gasteiger partial charge in [0.25, 0.3) is 5.91 Å². The van der Waals surface area contributed by atoms with Gasteiger partial charge >= 0.3 is 0 Å². The van der Waals surface area contributed by atoms with Crippen molar-refractivity contribution in [3.63, 3.8) is 0 Å². The number of hydrogen-bond donors (Lipinski definition) is 3. The summed E-state index contributed by atoms with van der Waals surface area (Å²) in [5, 5.41) is 14.3. The van der Waals surface area contributed by atoms with Crippen molar-refractivity contribution < 1.29 is 14.3 Å². The Hall–Kier alpha value is -4.18. The molecule has 0 aliphatic carbocycles. The van der Waals surface area contributed by atoms with E-state index >= 15 is 0 Å². The van der Waals surface area contributed by atoms with Crippen LogP contribution in [0.25, 0.3) is 22.3 Å². The van der Waals surface area contributed by atoms with E-state index in [1.54, 1.807) is 6.20 Å². The van der Waals surface area contributed by atoms with E-state index in [9.17, 15) is 4.79 Å². The summed E-state index contributed by atoms with van der Waals surface area (Å²) in [6, 6.07) is 15.5. The molecule has 0 bridgehead atoms. The Bertz CT molecular complexity index is 1350. The van der Waals surface area contributed by atoms with Gasteiger partial charge in [-0.1, -0.05) is 12.1 Å². The maximum atomic E-state index is 12.0. The Morgan fingerprint density at radius 3 is 2.83 bits per heavy atom. The fourth-order valence-corrected chi connectivity index (χ4v) is 3.99. The predicted molar refractivity (Wildman–Crippen MR) is 139 cm³/mol. The molecule has 2 aromatic heterocycles. The number of carbonyl (C=O) groups excluding carboxylic acids is 1. The van der Waals surface area contributed by atoms with E-state index in [1.807, 2.05) is 62.4 Å². The number of amides is 1. The lowest BCUT2D eigenvalue weighted by atomic mass is 10.2. The van der Waals surface area contributed by atoms with Crippen molar-refractivity contribution in [3.8, 4) is 17.1 Å². The van der Waals surface area contributed by atoms with Crippen molar-refractivity contribution in [2.24, 2.45) is 0 Å². The molecule has 3 heterocycles. The number of nitrogens with zero attached hydrogens (tertiary/aromatic N) is 4. The number of carbonyl (C=O) groups is 1. The highest BCUT2D eigenvalue weighted by atomic mass is 16.5. The summed E-state index contributed by atoms with van der Waals surface area (Å²) in [5.41, 5.74) is 2.66. The van der Waals surface area contributed by atoms with E-state index in [-0.39, 0.29) is 18.6 Å². The van der Waals surface area contributed by atoms with Crippen molar-refractivity contribution in [1.82, 2.24) is 25.5 Å². The Labute approximate surface area is 209 Å². The number of rotatable bonds is 8. The summed E-state index contributed by atoms with van der Waals surface area (Å²) >= 11 is 0. The number of aromatic amines is 1. The van der Waals surface area contributed by atoms with Crippen LogP contribution in [0.15, 0.2) is 54.7 Å². The van der Waals surface area contributed by atoms with Gasteiger partial charge in [0.2, 0.25) is 0 Å². The molecule has 10 nitrogen and oxygen atoms in total. The first kappa shape index (κ1) is 23.6. The number of fused-ring (bicyclic) bond motifs is 1. The van der Waals surface area contributed by atoms with Gasteiger partial charge in [-0.05, 0) is 44.2 Å². The van der Waals surface area contributed by atoms with Crippen LogP contribution in [0.2, 0.25) is 0 Å². The second-order valence-electron chi connectivity index (χ2n) is 8.87. The Kier molecular flexibility index (Phi) is 6.94. The fourth-order valence-electron chi connectivity index (χ4n) is 3.99. The minimum Gasteiger partial charge on any atom is -0.484 e. The summed E-state index contributed by atoms with van der Waals surface area (Å²) in [5.74, 6) is 2.46. The molecular weight excluding hydrogens is 458 g/mol. The molecule has 186 valence electrons. The second kappa shape index (κ2) is 10.6. The first-order valence-corrected chi connectivity index (χ1v) is 12.0. The van der Waals surface area contributed by atoms with Gasteiger partial charge in [0.1, 0.15) is 17.4 Å². The topological polar surface area (TPSA) is 117 Å². The molecule has 1 aliphatic rings. The highest BCUT2D eigenvalue weighted by Crippen LogP contribution is 2.28. The lowest BCUT2D eigenvalue weighted by Gasteiger charge is -2.28. The number of ether oxygens (including phenoxy) is 2. The first-order valence-electron chi connectivity index (χ1n) is 12.0. The summed E-state index contributed by atoms with van der Waals surface area (Å²) in [7, 11) is 0. The van der Waals surface area contributed by atoms with E-state index < -0.39 is 0 Å². The molecule has 2 aromatic carbocycles. The minimum atomic E-state index is -0.165. The molecule has 1 saturated heterocycles. The standard InChI is InChI=1S/C26H29N7O3/c1-17(2)28-25(34)16-36-21-5-3-4-18(13-21)26-30-23(14-24(31-26)33-8-10-35-11-9-33)29-20-6-7-22-19(12-20)15-27-32-22/h3-7,12-15,17H,8-11,16H2,1-2H3,(H,27,32)(H,28,34)(H,29,30,31). The number of anilines is 3. The molecule has 36 heavy (non-hydrogen) atoms. The molecule has 0 saturated carbocycles. The van der Waals surface area contributed by atoms with Crippen molar-refractivity contribution in [1.29, 1.82) is 0 Å². The highest BCUT2D eigenvalue weighted by molar-refractivity contribution is 5.83. The molecule has 1 aliphatic heterocycles. The Morgan fingerprint density at radius 1 is 1.14 bits per heavy atom. The summed E-state index contributed by atoms with van der Waals surface area (Å²) < 4.78 is 11.2. The number of morpholine rings is 1. The van der Waals surface area contributed by atoms with Crippen LogP contribution in [-0.2, 0) is 9.53 Å². The minimum absolute atomic E-state index is 0.0559. The number of benzene rings is 2. The van der Waals surface area contributed by atoms with Crippen LogP contribution in [0.5, 0.6) is 5.75 Å². The van der Waals surface area contributed by atoms with Crippen LogP contribution in [-0.4, -0.2) is 65.0 Å². The van der Waals surface area contributed by atoms with Gasteiger partial charge in [-0.15, -0.1) is 0 Å². The number of hydrogen-bond acceptors (Lipinski definition) is 8. The van der Waals surface area contributed by atoms with Gasteiger partial charge in [0.15, 0.2) is 12.4 Å². The molecule has 0 unspecified atom stereocenters. The van der Waals surface area contributed by atoms with Gasteiger partial charge in [-0.2, -0.15) is 5.10 Å². The van der Waals surface area contributed by atoms with Crippen molar-refractivity contribution in [3.05, 3.63) is 54.7 Å². The molecule has 0 atom stereocenters. The van der Waals surface area contributed by atoms with E-state index in [1.165, 1.54) is 0 Å². The molecule has 0 radical (unpaired) electrons. The van der Waals surface area contributed by atoms with E-state index in [0.29, 0.717) is 30.6 Å². The molecule has 1 fully saturated rings. The Morgan fingerprint density at radius 2 is 2.00 bits per heavy atom. The number of aromatic nitrogens is 4. The quantitative estimate of drug-likeness (QED) is 0.346. The molecule has 4 aromatic rings. The zero-order chi connectivity index (χ0) is 24.9. The molecule has 5 rings (SSSR count). The molecular formula is C26H29N7O3. The van der Waals surface area contributed by atoms with Crippen molar-refractivity contribution in [2.75, 3.05) is 43.1 Å².